The topological polar surface area (TPSA) is 78.9 Å². The van der Waals surface area contributed by atoms with Crippen LogP contribution in [0, 0.1) is 0 Å². The second-order valence-electron chi connectivity index (χ2n) is 7.78. The van der Waals surface area contributed by atoms with Gasteiger partial charge in [-0.1, -0.05) is 18.2 Å². The fourth-order valence-electron chi connectivity index (χ4n) is 3.92. The van der Waals surface area contributed by atoms with Crippen LogP contribution in [-0.4, -0.2) is 35.5 Å². The van der Waals surface area contributed by atoms with Crippen molar-refractivity contribution in [3.05, 3.63) is 64.8 Å². The fourth-order valence-corrected chi connectivity index (χ4v) is 6.27. The van der Waals surface area contributed by atoms with Gasteiger partial charge in [0.1, 0.15) is 10.0 Å². The number of fused-ring (bicyclic) bond motifs is 2. The first kappa shape index (κ1) is 21.2. The number of anilines is 1. The summed E-state index contributed by atoms with van der Waals surface area (Å²) in [5.41, 5.74) is 4.66. The predicted octanol–water partition coefficient (Wildman–Crippen LogP) is 4.23. The largest absolute Gasteiger partial charge is 0.317 e. The second kappa shape index (κ2) is 9.87. The minimum absolute atomic E-state index is 0.0350. The van der Waals surface area contributed by atoms with E-state index in [2.05, 4.69) is 33.1 Å². The molecule has 1 aliphatic rings. The van der Waals surface area contributed by atoms with Crippen LogP contribution in [0.5, 0.6) is 0 Å². The number of para-hydroxylation sites is 1. The zero-order valence-electron chi connectivity index (χ0n) is 17.7. The molecule has 0 atom stereocenters. The van der Waals surface area contributed by atoms with Crippen molar-refractivity contribution < 1.29 is 4.79 Å². The average Bonchev–Trinajstić information content (AvgIpc) is 3.40. The third-order valence-corrected chi connectivity index (χ3v) is 7.73. The summed E-state index contributed by atoms with van der Waals surface area (Å²) in [7, 11) is 0. The van der Waals surface area contributed by atoms with E-state index in [4.69, 9.17) is 4.98 Å². The standard InChI is InChI=1S/C24H25N5OS2/c30-21(9-13-25-11-7-16-4-3-10-26-14-16)29-24-22(17-8-12-27-15-20(17)32-24)23-28-18-5-1-2-6-19(18)31-23/h1-6,10,14,25,27H,7-9,11-13,15H2,(H,29,30). The van der Waals surface area contributed by atoms with Gasteiger partial charge >= 0.3 is 0 Å². The third-order valence-electron chi connectivity index (χ3n) is 5.53. The summed E-state index contributed by atoms with van der Waals surface area (Å²) >= 11 is 3.38. The molecular weight excluding hydrogens is 438 g/mol. The molecule has 4 aromatic rings. The summed E-state index contributed by atoms with van der Waals surface area (Å²) in [6, 6.07) is 12.2. The molecule has 3 N–H and O–H groups in total. The van der Waals surface area contributed by atoms with E-state index in [0.29, 0.717) is 13.0 Å². The van der Waals surface area contributed by atoms with E-state index in [0.717, 1.165) is 53.6 Å². The normalized spacial score (nSPS) is 13.2. The van der Waals surface area contributed by atoms with Gasteiger partial charge in [0.2, 0.25) is 5.91 Å². The molecule has 0 saturated heterocycles. The van der Waals surface area contributed by atoms with Crippen molar-refractivity contribution in [3.63, 3.8) is 0 Å². The number of amides is 1. The number of carbonyl (C=O) groups is 1. The van der Waals surface area contributed by atoms with Crippen molar-refractivity contribution in [2.24, 2.45) is 0 Å². The molecule has 5 rings (SSSR count). The smallest absolute Gasteiger partial charge is 0.226 e. The Labute approximate surface area is 195 Å². The van der Waals surface area contributed by atoms with E-state index in [-0.39, 0.29) is 5.91 Å². The summed E-state index contributed by atoms with van der Waals surface area (Å²) < 4.78 is 1.17. The number of thiazole rings is 1. The molecule has 164 valence electrons. The molecule has 0 bridgehead atoms. The molecule has 0 radical (unpaired) electrons. The third kappa shape index (κ3) is 4.73. The highest BCUT2D eigenvalue weighted by atomic mass is 32.1. The number of carbonyl (C=O) groups excluding carboxylic acids is 1. The van der Waals surface area contributed by atoms with Crippen molar-refractivity contribution in [2.75, 3.05) is 25.0 Å². The number of nitrogens with zero attached hydrogens (tertiary/aromatic N) is 2. The Bertz CT molecular complexity index is 1180. The first-order chi connectivity index (χ1) is 15.8. The molecule has 0 saturated carbocycles. The number of nitrogens with one attached hydrogen (secondary N) is 3. The molecule has 3 aromatic heterocycles. The number of hydrogen-bond acceptors (Lipinski definition) is 7. The molecular formula is C24H25N5OS2. The average molecular weight is 464 g/mol. The van der Waals surface area contributed by atoms with Crippen LogP contribution in [0.1, 0.15) is 22.4 Å². The second-order valence-corrected chi connectivity index (χ2v) is 9.92. The summed E-state index contributed by atoms with van der Waals surface area (Å²) in [5.74, 6) is 0.0350. The van der Waals surface area contributed by atoms with Crippen LogP contribution < -0.4 is 16.0 Å². The maximum Gasteiger partial charge on any atom is 0.226 e. The summed E-state index contributed by atoms with van der Waals surface area (Å²) in [5, 5.41) is 11.9. The van der Waals surface area contributed by atoms with Crippen LogP contribution in [0.25, 0.3) is 20.8 Å². The predicted molar refractivity (Wildman–Crippen MR) is 132 cm³/mol. The number of aromatic nitrogens is 2. The van der Waals surface area contributed by atoms with E-state index >= 15 is 0 Å². The Kier molecular flexibility index (Phi) is 6.54. The highest BCUT2D eigenvalue weighted by Crippen LogP contribution is 2.44. The molecule has 0 unspecified atom stereocenters. The van der Waals surface area contributed by atoms with Crippen LogP contribution >= 0.6 is 22.7 Å². The molecule has 1 aliphatic heterocycles. The van der Waals surface area contributed by atoms with Gasteiger partial charge in [0.25, 0.3) is 0 Å². The molecule has 6 nitrogen and oxygen atoms in total. The number of pyridine rings is 1. The van der Waals surface area contributed by atoms with Crippen LogP contribution in [0.3, 0.4) is 0 Å². The van der Waals surface area contributed by atoms with Crippen LogP contribution in [0.2, 0.25) is 0 Å². The summed E-state index contributed by atoms with van der Waals surface area (Å²) in [6.07, 6.45) is 5.96. The molecule has 1 aromatic carbocycles. The van der Waals surface area contributed by atoms with Crippen molar-refractivity contribution in [2.45, 2.75) is 25.8 Å². The number of thiophene rings is 1. The lowest BCUT2D eigenvalue weighted by atomic mass is 10.0. The van der Waals surface area contributed by atoms with E-state index in [1.165, 1.54) is 20.7 Å². The molecule has 8 heteroatoms. The summed E-state index contributed by atoms with van der Waals surface area (Å²) in [4.78, 5) is 23.0. The van der Waals surface area contributed by atoms with Gasteiger partial charge in [-0.15, -0.1) is 22.7 Å². The van der Waals surface area contributed by atoms with Gasteiger partial charge < -0.3 is 16.0 Å². The van der Waals surface area contributed by atoms with Crippen molar-refractivity contribution in [3.8, 4) is 10.6 Å². The van der Waals surface area contributed by atoms with E-state index in [1.54, 1.807) is 28.9 Å². The lowest BCUT2D eigenvalue weighted by molar-refractivity contribution is -0.116. The van der Waals surface area contributed by atoms with Gasteiger partial charge in [-0.05, 0) is 55.3 Å². The molecule has 4 heterocycles. The minimum atomic E-state index is 0.0350. The fraction of sp³-hybridized carbons (Fsp3) is 0.292. The zero-order chi connectivity index (χ0) is 21.8. The number of benzene rings is 1. The maximum absolute atomic E-state index is 12.7. The maximum atomic E-state index is 12.7. The van der Waals surface area contributed by atoms with Crippen LogP contribution in [0.4, 0.5) is 5.00 Å². The lowest BCUT2D eigenvalue weighted by Crippen LogP contribution is -2.23. The molecule has 0 aliphatic carbocycles. The van der Waals surface area contributed by atoms with Gasteiger partial charge in [-0.3, -0.25) is 9.78 Å². The van der Waals surface area contributed by atoms with Gasteiger partial charge in [-0.2, -0.15) is 0 Å². The number of hydrogen-bond donors (Lipinski definition) is 3. The van der Waals surface area contributed by atoms with Crippen LogP contribution in [-0.2, 0) is 24.2 Å². The molecule has 0 spiro atoms. The Hall–Kier alpha value is -2.65. The first-order valence-electron chi connectivity index (χ1n) is 10.9. The van der Waals surface area contributed by atoms with E-state index in [9.17, 15) is 4.79 Å². The molecule has 1 amide bonds. The highest BCUT2D eigenvalue weighted by molar-refractivity contribution is 7.22. The first-order valence-corrected chi connectivity index (χ1v) is 12.5. The van der Waals surface area contributed by atoms with Crippen molar-refractivity contribution in [1.29, 1.82) is 0 Å². The van der Waals surface area contributed by atoms with Crippen LogP contribution in [0.15, 0.2) is 48.8 Å². The van der Waals surface area contributed by atoms with Gasteiger partial charge in [0.05, 0.1) is 10.2 Å². The Morgan fingerprint density at radius 1 is 1.12 bits per heavy atom. The Balaban J connectivity index is 1.26. The zero-order valence-corrected chi connectivity index (χ0v) is 19.3. The number of rotatable bonds is 8. The lowest BCUT2D eigenvalue weighted by Gasteiger charge is -2.13. The van der Waals surface area contributed by atoms with E-state index < -0.39 is 0 Å². The highest BCUT2D eigenvalue weighted by Gasteiger charge is 2.25. The Morgan fingerprint density at radius 2 is 2.06 bits per heavy atom. The van der Waals surface area contributed by atoms with Crippen molar-refractivity contribution >= 4 is 43.8 Å². The monoisotopic (exact) mass is 463 g/mol. The SMILES string of the molecule is O=C(CCNCCc1cccnc1)Nc1sc2c(c1-c1nc3ccccc3s1)CCNC2. The quantitative estimate of drug-likeness (QED) is 0.341. The minimum Gasteiger partial charge on any atom is -0.317 e. The Morgan fingerprint density at radius 3 is 2.94 bits per heavy atom. The van der Waals surface area contributed by atoms with E-state index in [1.807, 2.05) is 30.5 Å². The van der Waals surface area contributed by atoms with Gasteiger partial charge in [-0.25, -0.2) is 4.98 Å². The van der Waals surface area contributed by atoms with Crippen molar-refractivity contribution in [1.82, 2.24) is 20.6 Å². The molecule has 32 heavy (non-hydrogen) atoms. The summed E-state index contributed by atoms with van der Waals surface area (Å²) in [6.45, 7) is 3.28. The van der Waals surface area contributed by atoms with Gasteiger partial charge in [0, 0.05) is 42.3 Å². The van der Waals surface area contributed by atoms with Gasteiger partial charge in [0.15, 0.2) is 0 Å². The molecule has 0 fully saturated rings.